The average molecular weight is 857 g/mol. The van der Waals surface area contributed by atoms with Crippen LogP contribution >= 0.6 is 0 Å². The number of aliphatic hydroxyl groups excluding tert-OH is 1. The van der Waals surface area contributed by atoms with Crippen molar-refractivity contribution in [1.82, 2.24) is 39.5 Å². The van der Waals surface area contributed by atoms with Gasteiger partial charge in [0.05, 0.1) is 53.9 Å². The molecule has 62 heavy (non-hydrogen) atoms. The van der Waals surface area contributed by atoms with Crippen LogP contribution in [-0.4, -0.2) is 113 Å². The molecule has 17 nitrogen and oxygen atoms in total. The minimum Gasteiger partial charge on any atom is -0.391 e. The molecule has 9 rings (SSSR count). The van der Waals surface area contributed by atoms with E-state index in [2.05, 4.69) is 36.0 Å². The van der Waals surface area contributed by atoms with Gasteiger partial charge in [0.2, 0.25) is 11.8 Å². The van der Waals surface area contributed by atoms with E-state index in [9.17, 15) is 37.9 Å². The summed E-state index contributed by atoms with van der Waals surface area (Å²) in [6.07, 6.45) is 9.60. The molecule has 0 radical (unpaired) electrons. The van der Waals surface area contributed by atoms with Crippen LogP contribution in [0.4, 0.5) is 20.3 Å². The summed E-state index contributed by atoms with van der Waals surface area (Å²) in [5.41, 5.74) is 0.901. The van der Waals surface area contributed by atoms with Crippen LogP contribution in [0.25, 0.3) is 5.65 Å². The first kappa shape index (κ1) is 41.7. The summed E-state index contributed by atoms with van der Waals surface area (Å²) in [7, 11) is 0. The zero-order valence-electron chi connectivity index (χ0n) is 34.2. The second kappa shape index (κ2) is 17.6. The van der Waals surface area contributed by atoms with Gasteiger partial charge in [-0.1, -0.05) is 25.0 Å². The number of imide groups is 2. The van der Waals surface area contributed by atoms with E-state index in [4.69, 9.17) is 4.74 Å². The lowest BCUT2D eigenvalue weighted by Crippen LogP contribution is -2.54. The van der Waals surface area contributed by atoms with E-state index in [1.807, 2.05) is 0 Å². The van der Waals surface area contributed by atoms with E-state index in [-0.39, 0.29) is 65.7 Å². The maximum atomic E-state index is 14.3. The number of hydrogen-bond donors (Lipinski definition) is 4. The average Bonchev–Trinajstić information content (AvgIpc) is 3.96. The molecular formula is C43H50F2N10O7. The van der Waals surface area contributed by atoms with Crippen molar-refractivity contribution in [3.05, 3.63) is 70.8 Å². The number of fused-ring (bicyclic) bond motifs is 2. The van der Waals surface area contributed by atoms with E-state index >= 15 is 0 Å². The Kier molecular flexibility index (Phi) is 11.8. The number of nitrogens with one attached hydrogen (secondary N) is 3. The summed E-state index contributed by atoms with van der Waals surface area (Å²) < 4.78 is 37.9. The second-order valence-corrected chi connectivity index (χ2v) is 17.2. The molecule has 4 fully saturated rings. The maximum absolute atomic E-state index is 14.3. The minimum absolute atomic E-state index is 0.0327. The third-order valence-electron chi connectivity index (χ3n) is 13.2. The van der Waals surface area contributed by atoms with Crippen LogP contribution in [0.5, 0.6) is 0 Å². The van der Waals surface area contributed by atoms with Crippen LogP contribution < -0.4 is 16.0 Å². The van der Waals surface area contributed by atoms with E-state index in [0.717, 1.165) is 82.3 Å². The Labute approximate surface area is 355 Å². The van der Waals surface area contributed by atoms with E-state index in [1.165, 1.54) is 16.9 Å². The fourth-order valence-electron chi connectivity index (χ4n) is 9.75. The number of rotatable bonds is 12. The van der Waals surface area contributed by atoms with Crippen molar-refractivity contribution in [2.24, 2.45) is 5.92 Å². The van der Waals surface area contributed by atoms with Crippen LogP contribution in [0.3, 0.4) is 0 Å². The van der Waals surface area contributed by atoms with Crippen molar-refractivity contribution in [1.29, 1.82) is 0 Å². The Balaban J connectivity index is 0.752. The molecule has 4 aromatic rings. The Bertz CT molecular complexity index is 2370. The molecule has 328 valence electrons. The molecule has 3 aliphatic heterocycles. The highest BCUT2D eigenvalue weighted by molar-refractivity contribution is 6.24. The van der Waals surface area contributed by atoms with Gasteiger partial charge in [-0.15, -0.1) is 0 Å². The summed E-state index contributed by atoms with van der Waals surface area (Å²) in [5.74, 6) is -1.87. The Morgan fingerprint density at radius 1 is 0.968 bits per heavy atom. The molecule has 0 spiro atoms. The SMILES string of the molecule is O=C1CCC(N2C(=O)c3cccc(COC4CCN(CC5CCC(n6cc(NC(=O)c7cnn8ccc(N[C@@H]9CCCC[C@@H]9O)nc78)c(C(F)F)n6)CC5)CC4)c3C2=O)C(=O)N1. The highest BCUT2D eigenvalue weighted by Crippen LogP contribution is 2.36. The number of carbonyl (C=O) groups excluding carboxylic acids is 5. The summed E-state index contributed by atoms with van der Waals surface area (Å²) in [6, 6.07) is 5.48. The molecule has 1 unspecified atom stereocenters. The standard InChI is InChI=1S/C43H50F2N10O7/c44-38(45)37-31(48-40(58)29-20-46-53-19-16-34(49-39(29)53)47-30-6-1-2-7-33(30)56)22-54(51-37)26-10-8-24(9-11-26)21-52-17-14-27(15-18-52)62-23-25-4-3-5-28-36(25)43(61)55(42(28)60)32-12-13-35(57)50-41(32)59/h3-5,16,19-20,22,24,26-27,30,32-33,38,56H,1-2,6-15,17-18,21,23H2,(H,47,49)(H,48,58)(H,50,57,59)/t24?,26?,30-,32?,33+/m1/s1. The lowest BCUT2D eigenvalue weighted by atomic mass is 9.85. The van der Waals surface area contributed by atoms with Crippen LogP contribution in [0, 0.1) is 5.92 Å². The number of amides is 5. The zero-order chi connectivity index (χ0) is 43.1. The van der Waals surface area contributed by atoms with Crippen LogP contribution in [0.1, 0.15) is 132 Å². The van der Waals surface area contributed by atoms with Gasteiger partial charge in [0.25, 0.3) is 24.1 Å². The highest BCUT2D eigenvalue weighted by Gasteiger charge is 2.45. The number of aromatic nitrogens is 5. The minimum atomic E-state index is -2.90. The number of benzene rings is 1. The molecule has 0 bridgehead atoms. The molecule has 2 saturated heterocycles. The smallest absolute Gasteiger partial charge is 0.284 e. The maximum Gasteiger partial charge on any atom is 0.284 e. The molecule has 5 aliphatic rings. The predicted molar refractivity (Wildman–Crippen MR) is 218 cm³/mol. The lowest BCUT2D eigenvalue weighted by Gasteiger charge is -2.36. The molecule has 6 heterocycles. The normalized spacial score (nSPS) is 25.1. The summed E-state index contributed by atoms with van der Waals surface area (Å²) in [6.45, 7) is 2.73. The van der Waals surface area contributed by atoms with Gasteiger partial charge in [-0.25, -0.2) is 18.3 Å². The number of aliphatic hydroxyl groups is 1. The number of anilines is 2. The number of piperidine rings is 2. The Morgan fingerprint density at radius 3 is 2.52 bits per heavy atom. The summed E-state index contributed by atoms with van der Waals surface area (Å²) in [4.78, 5) is 72.3. The summed E-state index contributed by atoms with van der Waals surface area (Å²) in [5, 5.41) is 27.0. The number of ether oxygens (including phenoxy) is 1. The number of halogens is 2. The van der Waals surface area contributed by atoms with Crippen LogP contribution in [0.2, 0.25) is 0 Å². The number of nitrogens with zero attached hydrogens (tertiary/aromatic N) is 7. The molecule has 1 aromatic carbocycles. The zero-order valence-corrected chi connectivity index (χ0v) is 34.2. The van der Waals surface area contributed by atoms with Crippen molar-refractivity contribution in [3.8, 4) is 0 Å². The van der Waals surface area contributed by atoms with Gasteiger partial charge in [0.15, 0.2) is 11.3 Å². The topological polar surface area (TPSA) is 205 Å². The highest BCUT2D eigenvalue weighted by atomic mass is 19.3. The van der Waals surface area contributed by atoms with Gasteiger partial charge in [0, 0.05) is 38.4 Å². The summed E-state index contributed by atoms with van der Waals surface area (Å²) >= 11 is 0. The van der Waals surface area contributed by atoms with Crippen molar-refractivity contribution in [3.63, 3.8) is 0 Å². The van der Waals surface area contributed by atoms with Gasteiger partial charge in [0.1, 0.15) is 17.4 Å². The number of alkyl halides is 2. The van der Waals surface area contributed by atoms with Crippen LogP contribution in [0.15, 0.2) is 42.9 Å². The largest absolute Gasteiger partial charge is 0.391 e. The first-order valence-corrected chi connectivity index (χ1v) is 21.7. The first-order chi connectivity index (χ1) is 30.0. The van der Waals surface area contributed by atoms with Crippen molar-refractivity contribution in [2.75, 3.05) is 30.3 Å². The van der Waals surface area contributed by atoms with E-state index in [0.29, 0.717) is 23.7 Å². The van der Waals surface area contributed by atoms with Gasteiger partial charge < -0.3 is 25.4 Å². The number of carbonyl (C=O) groups is 5. The van der Waals surface area contributed by atoms with Crippen LogP contribution in [-0.2, 0) is 20.9 Å². The molecule has 5 amide bonds. The number of hydrogen-bond acceptors (Lipinski definition) is 12. The van der Waals surface area contributed by atoms with E-state index in [1.54, 1.807) is 35.1 Å². The monoisotopic (exact) mass is 856 g/mol. The first-order valence-electron chi connectivity index (χ1n) is 21.7. The fraction of sp³-hybridized carbons (Fsp3) is 0.535. The molecule has 19 heteroatoms. The molecule has 2 aliphatic carbocycles. The lowest BCUT2D eigenvalue weighted by molar-refractivity contribution is -0.136. The second-order valence-electron chi connectivity index (χ2n) is 17.2. The molecule has 4 N–H and O–H groups in total. The van der Waals surface area contributed by atoms with Crippen molar-refractivity contribution >= 4 is 46.7 Å². The predicted octanol–water partition coefficient (Wildman–Crippen LogP) is 4.64. The third kappa shape index (κ3) is 8.44. The van der Waals surface area contributed by atoms with Crippen molar-refractivity contribution < 1.29 is 42.6 Å². The quantitative estimate of drug-likeness (QED) is 0.144. The van der Waals surface area contributed by atoms with E-state index < -0.39 is 53.8 Å². The molecule has 3 atom stereocenters. The van der Waals surface area contributed by atoms with Gasteiger partial charge in [-0.3, -0.25) is 38.9 Å². The molecule has 2 saturated carbocycles. The van der Waals surface area contributed by atoms with Gasteiger partial charge >= 0.3 is 0 Å². The molecular weight excluding hydrogens is 807 g/mol. The number of likely N-dealkylation sites (tertiary alicyclic amines) is 1. The third-order valence-corrected chi connectivity index (χ3v) is 13.2. The van der Waals surface area contributed by atoms with Gasteiger partial charge in [-0.05, 0) is 81.4 Å². The van der Waals surface area contributed by atoms with Gasteiger partial charge in [-0.2, -0.15) is 10.2 Å². The molecule has 3 aromatic heterocycles. The Hall–Kier alpha value is -5.66. The Morgan fingerprint density at radius 2 is 1.76 bits per heavy atom. The fourth-order valence-corrected chi connectivity index (χ4v) is 9.75. The van der Waals surface area contributed by atoms with Crippen molar-refractivity contribution in [2.45, 2.75) is 120 Å².